The highest BCUT2D eigenvalue weighted by Gasteiger charge is 2.33. The lowest BCUT2D eigenvalue weighted by Gasteiger charge is -2.37. The maximum atomic E-state index is 5.97. The molecule has 0 aliphatic carbocycles. The largest absolute Gasteiger partial charge is 0.370 e. The van der Waals surface area contributed by atoms with Gasteiger partial charge in [0.25, 0.3) is 0 Å². The van der Waals surface area contributed by atoms with Gasteiger partial charge in [0.1, 0.15) is 0 Å². The van der Waals surface area contributed by atoms with Crippen LogP contribution in [-0.2, 0) is 10.3 Å². The highest BCUT2D eigenvalue weighted by molar-refractivity contribution is 5.85. The molecule has 3 heteroatoms. The Hall–Kier alpha value is -0.570. The van der Waals surface area contributed by atoms with E-state index in [0.717, 1.165) is 19.4 Å². The van der Waals surface area contributed by atoms with Gasteiger partial charge in [-0.3, -0.25) is 0 Å². The van der Waals surface area contributed by atoms with Crippen molar-refractivity contribution >= 4 is 12.4 Å². The molecule has 1 heterocycles. The normalized spacial score (nSPS) is 30.7. The molecule has 1 saturated heterocycles. The maximum Gasteiger partial charge on any atom is 0.0918 e. The second-order valence-corrected chi connectivity index (χ2v) is 4.20. The van der Waals surface area contributed by atoms with Crippen LogP contribution in [0.25, 0.3) is 0 Å². The van der Waals surface area contributed by atoms with Crippen LogP contribution in [0.4, 0.5) is 0 Å². The van der Waals surface area contributed by atoms with Gasteiger partial charge in [-0.15, -0.1) is 12.4 Å². The molecule has 2 N–H and O–H groups in total. The lowest BCUT2D eigenvalue weighted by atomic mass is 9.86. The van der Waals surface area contributed by atoms with E-state index in [1.807, 2.05) is 18.2 Å². The Kier molecular flexibility index (Phi) is 4.14. The van der Waals surface area contributed by atoms with E-state index in [0.29, 0.717) is 0 Å². The van der Waals surface area contributed by atoms with E-state index in [-0.39, 0.29) is 24.0 Å². The molecule has 0 saturated carbocycles. The summed E-state index contributed by atoms with van der Waals surface area (Å²) < 4.78 is 5.84. The minimum Gasteiger partial charge on any atom is -0.370 e. The molecule has 1 aliphatic heterocycles. The van der Waals surface area contributed by atoms with Crippen molar-refractivity contribution in [3.63, 3.8) is 0 Å². The van der Waals surface area contributed by atoms with E-state index in [2.05, 4.69) is 19.1 Å². The van der Waals surface area contributed by atoms with Crippen LogP contribution >= 0.6 is 12.4 Å². The minimum atomic E-state index is -0.182. The summed E-state index contributed by atoms with van der Waals surface area (Å²) in [6.07, 6.45) is 1.89. The molecule has 1 fully saturated rings. The Morgan fingerprint density at radius 3 is 2.60 bits per heavy atom. The number of benzene rings is 1. The number of ether oxygens (including phenoxy) is 1. The van der Waals surface area contributed by atoms with E-state index < -0.39 is 0 Å². The van der Waals surface area contributed by atoms with E-state index in [9.17, 15) is 0 Å². The number of nitrogens with two attached hydrogens (primary N) is 1. The summed E-state index contributed by atoms with van der Waals surface area (Å²) >= 11 is 0. The monoisotopic (exact) mass is 227 g/mol. The molecule has 0 radical (unpaired) electrons. The smallest absolute Gasteiger partial charge is 0.0918 e. The highest BCUT2D eigenvalue weighted by Crippen LogP contribution is 2.33. The van der Waals surface area contributed by atoms with Gasteiger partial charge >= 0.3 is 0 Å². The van der Waals surface area contributed by atoms with Crippen LogP contribution in [0.3, 0.4) is 0 Å². The maximum absolute atomic E-state index is 5.97. The zero-order valence-corrected chi connectivity index (χ0v) is 9.80. The highest BCUT2D eigenvalue weighted by atomic mass is 35.5. The summed E-state index contributed by atoms with van der Waals surface area (Å²) in [5, 5.41) is 0. The Bertz CT molecular complexity index is 304. The summed E-state index contributed by atoms with van der Waals surface area (Å²) in [7, 11) is 0. The van der Waals surface area contributed by atoms with Gasteiger partial charge < -0.3 is 10.5 Å². The van der Waals surface area contributed by atoms with Crippen LogP contribution in [0, 0.1) is 0 Å². The van der Waals surface area contributed by atoms with Crippen molar-refractivity contribution < 1.29 is 4.74 Å². The Balaban J connectivity index is 0.00000112. The van der Waals surface area contributed by atoms with Crippen LogP contribution in [0.1, 0.15) is 25.3 Å². The topological polar surface area (TPSA) is 35.2 Å². The van der Waals surface area contributed by atoms with Gasteiger partial charge in [0, 0.05) is 12.6 Å². The predicted octanol–water partition coefficient (Wildman–Crippen LogP) is 2.46. The van der Waals surface area contributed by atoms with Crippen molar-refractivity contribution in [2.75, 3.05) is 6.61 Å². The summed E-state index contributed by atoms with van der Waals surface area (Å²) in [5.74, 6) is 0. The van der Waals surface area contributed by atoms with Crippen LogP contribution in [-0.4, -0.2) is 12.6 Å². The van der Waals surface area contributed by atoms with Crippen molar-refractivity contribution in [3.05, 3.63) is 35.9 Å². The Morgan fingerprint density at radius 2 is 2.00 bits per heavy atom. The minimum absolute atomic E-state index is 0. The van der Waals surface area contributed by atoms with Gasteiger partial charge in [0.2, 0.25) is 0 Å². The molecule has 0 aromatic heterocycles. The van der Waals surface area contributed by atoms with E-state index in [1.54, 1.807) is 0 Å². The summed E-state index contributed by atoms with van der Waals surface area (Å²) in [4.78, 5) is 0. The fourth-order valence-electron chi connectivity index (χ4n) is 2.09. The zero-order valence-electron chi connectivity index (χ0n) is 8.98. The molecule has 84 valence electrons. The van der Waals surface area contributed by atoms with Gasteiger partial charge in [-0.1, -0.05) is 30.3 Å². The van der Waals surface area contributed by atoms with E-state index in [4.69, 9.17) is 10.5 Å². The second-order valence-electron chi connectivity index (χ2n) is 4.20. The number of halogens is 1. The summed E-state index contributed by atoms with van der Waals surface area (Å²) in [5.41, 5.74) is 7.02. The molecule has 2 rings (SSSR count). The average molecular weight is 228 g/mol. The fraction of sp³-hybridized carbons (Fsp3) is 0.500. The molecule has 2 nitrogen and oxygen atoms in total. The molecule has 0 unspecified atom stereocenters. The summed E-state index contributed by atoms with van der Waals surface area (Å²) in [6, 6.07) is 10.6. The Morgan fingerprint density at radius 1 is 1.33 bits per heavy atom. The van der Waals surface area contributed by atoms with Crippen molar-refractivity contribution in [1.82, 2.24) is 0 Å². The van der Waals surface area contributed by atoms with Crippen molar-refractivity contribution in [2.45, 2.75) is 31.4 Å². The van der Waals surface area contributed by atoms with Crippen LogP contribution in [0.2, 0.25) is 0 Å². The van der Waals surface area contributed by atoms with Gasteiger partial charge in [0.05, 0.1) is 5.60 Å². The standard InChI is InChI=1S/C12H17NO.ClH/c1-12(9-11(13)7-8-14-12)10-5-3-2-4-6-10;/h2-6,11H,7-9,13H2,1H3;1H/t11-,12+;/m0./s1. The number of hydrogen-bond acceptors (Lipinski definition) is 2. The van der Waals surface area contributed by atoms with Gasteiger partial charge in [-0.25, -0.2) is 0 Å². The van der Waals surface area contributed by atoms with Crippen molar-refractivity contribution in [3.8, 4) is 0 Å². The van der Waals surface area contributed by atoms with Crippen LogP contribution in [0.15, 0.2) is 30.3 Å². The molecule has 2 atom stereocenters. The molecule has 0 amide bonds. The van der Waals surface area contributed by atoms with E-state index >= 15 is 0 Å². The first kappa shape index (κ1) is 12.5. The molecular weight excluding hydrogens is 210 g/mol. The molecule has 1 aliphatic rings. The van der Waals surface area contributed by atoms with Gasteiger partial charge in [-0.05, 0) is 25.3 Å². The van der Waals surface area contributed by atoms with Crippen molar-refractivity contribution in [2.24, 2.45) is 5.73 Å². The Labute approximate surface area is 97.2 Å². The third-order valence-electron chi connectivity index (χ3n) is 2.95. The fourth-order valence-corrected chi connectivity index (χ4v) is 2.09. The van der Waals surface area contributed by atoms with Gasteiger partial charge in [0.15, 0.2) is 0 Å². The van der Waals surface area contributed by atoms with Crippen molar-refractivity contribution in [1.29, 1.82) is 0 Å². The first-order valence-corrected chi connectivity index (χ1v) is 5.16. The number of rotatable bonds is 1. The van der Waals surface area contributed by atoms with Crippen LogP contribution < -0.4 is 5.73 Å². The molecule has 0 spiro atoms. The van der Waals surface area contributed by atoms with Crippen LogP contribution in [0.5, 0.6) is 0 Å². The van der Waals surface area contributed by atoms with Gasteiger partial charge in [-0.2, -0.15) is 0 Å². The predicted molar refractivity (Wildman–Crippen MR) is 64.2 cm³/mol. The third-order valence-corrected chi connectivity index (χ3v) is 2.95. The quantitative estimate of drug-likeness (QED) is 0.800. The molecule has 1 aromatic rings. The lowest BCUT2D eigenvalue weighted by molar-refractivity contribution is -0.0766. The summed E-state index contributed by atoms with van der Waals surface area (Å²) in [6.45, 7) is 2.90. The van der Waals surface area contributed by atoms with E-state index in [1.165, 1.54) is 5.56 Å². The molecule has 0 bridgehead atoms. The SMILES string of the molecule is C[C@]1(c2ccccc2)C[C@@H](N)CCO1.Cl. The molecule has 15 heavy (non-hydrogen) atoms. The zero-order chi connectivity index (χ0) is 10.0. The first-order chi connectivity index (χ1) is 6.71. The second kappa shape index (κ2) is 4.97. The molecule has 1 aromatic carbocycles. The average Bonchev–Trinajstić information content (AvgIpc) is 2.19. The third kappa shape index (κ3) is 2.71. The lowest BCUT2D eigenvalue weighted by Crippen LogP contribution is -2.40. The number of hydrogen-bond donors (Lipinski definition) is 1. The first-order valence-electron chi connectivity index (χ1n) is 5.16. The molecular formula is C12H18ClNO.